The summed E-state index contributed by atoms with van der Waals surface area (Å²) in [6.07, 6.45) is 2.39. The Bertz CT molecular complexity index is 201. The number of morpholine rings is 1. The summed E-state index contributed by atoms with van der Waals surface area (Å²) < 4.78 is 11.1. The maximum atomic E-state index is 5.67. The van der Waals surface area contributed by atoms with Gasteiger partial charge in [-0.2, -0.15) is 0 Å². The summed E-state index contributed by atoms with van der Waals surface area (Å²) in [5.41, 5.74) is 0. The maximum Gasteiger partial charge on any atom is 0.0634 e. The van der Waals surface area contributed by atoms with Crippen molar-refractivity contribution in [3.8, 4) is 0 Å². The predicted octanol–water partition coefficient (Wildman–Crippen LogP) is 0.476. The van der Waals surface area contributed by atoms with E-state index in [1.165, 1.54) is 12.8 Å². The van der Waals surface area contributed by atoms with Gasteiger partial charge in [-0.25, -0.2) is 0 Å². The van der Waals surface area contributed by atoms with Crippen LogP contribution >= 0.6 is 0 Å². The molecular weight excluding hydrogens is 204 g/mol. The lowest BCUT2D eigenvalue weighted by atomic mass is 10.1. The van der Waals surface area contributed by atoms with Gasteiger partial charge < -0.3 is 14.8 Å². The third-order valence-corrected chi connectivity index (χ3v) is 3.41. The van der Waals surface area contributed by atoms with Crippen molar-refractivity contribution in [1.82, 2.24) is 10.2 Å². The summed E-state index contributed by atoms with van der Waals surface area (Å²) >= 11 is 0. The first-order valence-electron chi connectivity index (χ1n) is 6.53. The van der Waals surface area contributed by atoms with E-state index in [1.54, 1.807) is 0 Å². The van der Waals surface area contributed by atoms with Crippen molar-refractivity contribution in [2.24, 2.45) is 0 Å². The molecule has 2 saturated heterocycles. The van der Waals surface area contributed by atoms with Crippen LogP contribution in [0.2, 0.25) is 0 Å². The second kappa shape index (κ2) is 6.55. The Morgan fingerprint density at radius 1 is 1.50 bits per heavy atom. The molecule has 2 aliphatic rings. The maximum absolute atomic E-state index is 5.67. The third kappa shape index (κ3) is 3.42. The molecule has 0 aromatic heterocycles. The van der Waals surface area contributed by atoms with E-state index in [2.05, 4.69) is 17.1 Å². The summed E-state index contributed by atoms with van der Waals surface area (Å²) in [6.45, 7) is 8.96. The summed E-state index contributed by atoms with van der Waals surface area (Å²) in [5, 5.41) is 3.55. The zero-order chi connectivity index (χ0) is 11.2. The van der Waals surface area contributed by atoms with Crippen LogP contribution in [-0.4, -0.2) is 63.0 Å². The average molecular weight is 228 g/mol. The van der Waals surface area contributed by atoms with E-state index in [-0.39, 0.29) is 0 Å². The summed E-state index contributed by atoms with van der Waals surface area (Å²) in [5.74, 6) is 0. The molecule has 1 unspecified atom stereocenters. The van der Waals surface area contributed by atoms with Crippen LogP contribution in [0, 0.1) is 0 Å². The van der Waals surface area contributed by atoms with Crippen molar-refractivity contribution < 1.29 is 9.47 Å². The fraction of sp³-hybridized carbons (Fsp3) is 1.00. The third-order valence-electron chi connectivity index (χ3n) is 3.41. The lowest BCUT2D eigenvalue weighted by Gasteiger charge is -2.42. The summed E-state index contributed by atoms with van der Waals surface area (Å²) in [6, 6.07) is 1.09. The molecule has 4 heteroatoms. The number of unbranched alkanes of at least 4 members (excludes halogenated alkanes) is 1. The van der Waals surface area contributed by atoms with E-state index in [0.717, 1.165) is 46.1 Å². The number of hydrogen-bond acceptors (Lipinski definition) is 4. The van der Waals surface area contributed by atoms with Crippen molar-refractivity contribution in [3.63, 3.8) is 0 Å². The zero-order valence-corrected chi connectivity index (χ0v) is 10.3. The Labute approximate surface area is 98.3 Å². The number of piperazine rings is 1. The fourth-order valence-corrected chi connectivity index (χ4v) is 2.35. The van der Waals surface area contributed by atoms with E-state index in [9.17, 15) is 0 Å². The molecule has 2 heterocycles. The summed E-state index contributed by atoms with van der Waals surface area (Å²) in [4.78, 5) is 2.54. The second-order valence-corrected chi connectivity index (χ2v) is 4.76. The minimum absolute atomic E-state index is 0.506. The fourth-order valence-electron chi connectivity index (χ4n) is 2.35. The molecule has 2 aliphatic heterocycles. The number of nitrogens with one attached hydrogen (secondary N) is 1. The van der Waals surface area contributed by atoms with Gasteiger partial charge in [0.15, 0.2) is 0 Å². The molecule has 16 heavy (non-hydrogen) atoms. The SMILES string of the molecule is CCCCOC[C@@H]1CN2CCOCC2CN1. The van der Waals surface area contributed by atoms with Crippen LogP contribution in [0.5, 0.6) is 0 Å². The van der Waals surface area contributed by atoms with Gasteiger partial charge in [-0.15, -0.1) is 0 Å². The molecular formula is C12H24N2O2. The highest BCUT2D eigenvalue weighted by Crippen LogP contribution is 2.11. The lowest BCUT2D eigenvalue weighted by Crippen LogP contribution is -2.61. The molecule has 0 amide bonds. The monoisotopic (exact) mass is 228 g/mol. The van der Waals surface area contributed by atoms with Crippen LogP contribution in [0.4, 0.5) is 0 Å². The van der Waals surface area contributed by atoms with Crippen LogP contribution in [0.25, 0.3) is 0 Å². The average Bonchev–Trinajstić information content (AvgIpc) is 2.34. The first kappa shape index (κ1) is 12.3. The first-order chi connectivity index (χ1) is 7.90. The number of hydrogen-bond donors (Lipinski definition) is 1. The van der Waals surface area contributed by atoms with Crippen molar-refractivity contribution in [2.75, 3.05) is 46.1 Å². The molecule has 2 rings (SSSR count). The van der Waals surface area contributed by atoms with Gasteiger partial charge in [-0.1, -0.05) is 13.3 Å². The topological polar surface area (TPSA) is 33.7 Å². The van der Waals surface area contributed by atoms with E-state index < -0.39 is 0 Å². The van der Waals surface area contributed by atoms with Crippen LogP contribution in [-0.2, 0) is 9.47 Å². The lowest BCUT2D eigenvalue weighted by molar-refractivity contribution is -0.0354. The van der Waals surface area contributed by atoms with Gasteiger partial charge in [-0.05, 0) is 6.42 Å². The number of fused-ring (bicyclic) bond motifs is 1. The van der Waals surface area contributed by atoms with Crippen molar-refractivity contribution in [2.45, 2.75) is 31.8 Å². The quantitative estimate of drug-likeness (QED) is 0.694. The minimum atomic E-state index is 0.506. The molecule has 0 aromatic rings. The van der Waals surface area contributed by atoms with Gasteiger partial charge in [-0.3, -0.25) is 4.90 Å². The second-order valence-electron chi connectivity index (χ2n) is 4.76. The Balaban J connectivity index is 1.65. The number of rotatable bonds is 5. The Morgan fingerprint density at radius 2 is 2.44 bits per heavy atom. The molecule has 94 valence electrons. The zero-order valence-electron chi connectivity index (χ0n) is 10.3. The largest absolute Gasteiger partial charge is 0.380 e. The van der Waals surface area contributed by atoms with Crippen molar-refractivity contribution in [1.29, 1.82) is 0 Å². The van der Waals surface area contributed by atoms with E-state index >= 15 is 0 Å². The molecule has 2 atom stereocenters. The Hall–Kier alpha value is -0.160. The Morgan fingerprint density at radius 3 is 3.31 bits per heavy atom. The Kier molecular flexibility index (Phi) is 5.03. The molecule has 0 radical (unpaired) electrons. The highest BCUT2D eigenvalue weighted by Gasteiger charge is 2.29. The van der Waals surface area contributed by atoms with Crippen LogP contribution in [0.15, 0.2) is 0 Å². The number of nitrogens with zero attached hydrogens (tertiary/aromatic N) is 1. The molecule has 0 spiro atoms. The normalized spacial score (nSPS) is 31.3. The van der Waals surface area contributed by atoms with Crippen molar-refractivity contribution >= 4 is 0 Å². The van der Waals surface area contributed by atoms with Gasteiger partial charge in [0.2, 0.25) is 0 Å². The van der Waals surface area contributed by atoms with Crippen LogP contribution in [0.1, 0.15) is 19.8 Å². The molecule has 0 aromatic carbocycles. The van der Waals surface area contributed by atoms with Gasteiger partial charge in [0.25, 0.3) is 0 Å². The van der Waals surface area contributed by atoms with Gasteiger partial charge in [0.1, 0.15) is 0 Å². The first-order valence-corrected chi connectivity index (χ1v) is 6.53. The molecule has 2 fully saturated rings. The standard InChI is InChI=1S/C12H24N2O2/c1-2-3-5-15-9-11-8-14-4-6-16-10-12(14)7-13-11/h11-13H,2-10H2,1H3/t11-,12?/m0/s1. The van der Waals surface area contributed by atoms with Gasteiger partial charge in [0, 0.05) is 38.3 Å². The molecule has 1 N–H and O–H groups in total. The molecule has 0 bridgehead atoms. The van der Waals surface area contributed by atoms with Crippen molar-refractivity contribution in [3.05, 3.63) is 0 Å². The highest BCUT2D eigenvalue weighted by molar-refractivity contribution is 4.87. The highest BCUT2D eigenvalue weighted by atomic mass is 16.5. The van der Waals surface area contributed by atoms with E-state index in [1.807, 2.05) is 0 Å². The predicted molar refractivity (Wildman–Crippen MR) is 63.7 cm³/mol. The molecule has 0 saturated carbocycles. The van der Waals surface area contributed by atoms with Gasteiger partial charge in [0.05, 0.1) is 19.8 Å². The smallest absolute Gasteiger partial charge is 0.0634 e. The van der Waals surface area contributed by atoms with E-state index in [0.29, 0.717) is 12.1 Å². The molecule has 4 nitrogen and oxygen atoms in total. The van der Waals surface area contributed by atoms with Gasteiger partial charge >= 0.3 is 0 Å². The van der Waals surface area contributed by atoms with E-state index in [4.69, 9.17) is 9.47 Å². The van der Waals surface area contributed by atoms with Crippen LogP contribution < -0.4 is 5.32 Å². The number of ether oxygens (including phenoxy) is 2. The summed E-state index contributed by atoms with van der Waals surface area (Å²) in [7, 11) is 0. The van der Waals surface area contributed by atoms with Crippen LogP contribution in [0.3, 0.4) is 0 Å². The minimum Gasteiger partial charge on any atom is -0.380 e. The molecule has 0 aliphatic carbocycles.